The summed E-state index contributed by atoms with van der Waals surface area (Å²) in [7, 11) is 0. The number of thioether (sulfide) groups is 1. The van der Waals surface area contributed by atoms with Gasteiger partial charge in [-0.2, -0.15) is 0 Å². The third-order valence-corrected chi connectivity index (χ3v) is 5.72. The third kappa shape index (κ3) is 6.02. The molecule has 1 heterocycles. The lowest BCUT2D eigenvalue weighted by Gasteiger charge is -2.11. The summed E-state index contributed by atoms with van der Waals surface area (Å²) in [6, 6.07) is 26.1. The number of aryl methyl sites for hydroxylation is 1. The van der Waals surface area contributed by atoms with E-state index in [1.165, 1.54) is 11.8 Å². The highest BCUT2D eigenvalue weighted by Gasteiger charge is 2.17. The molecule has 0 aliphatic heterocycles. The fourth-order valence-electron chi connectivity index (χ4n) is 3.06. The molecule has 0 radical (unpaired) electrons. The molecular weight excluding hydrogens is 450 g/mol. The SMILES string of the molecule is Cc1ccc(C(=O)NNC(=O)CSc2nnc(COc3ccccc3)n2-c2ccccc2)cc1. The molecule has 2 amide bonds. The Hall–Kier alpha value is -4.11. The van der Waals surface area contributed by atoms with E-state index in [-0.39, 0.29) is 24.2 Å². The minimum atomic E-state index is -0.383. The first kappa shape index (κ1) is 23.1. The first-order valence-electron chi connectivity index (χ1n) is 10.6. The highest BCUT2D eigenvalue weighted by Crippen LogP contribution is 2.23. The second-order valence-corrected chi connectivity index (χ2v) is 8.27. The lowest BCUT2D eigenvalue weighted by Crippen LogP contribution is -2.42. The van der Waals surface area contributed by atoms with Gasteiger partial charge in [-0.15, -0.1) is 10.2 Å². The third-order valence-electron chi connectivity index (χ3n) is 4.79. The number of nitrogens with one attached hydrogen (secondary N) is 2. The summed E-state index contributed by atoms with van der Waals surface area (Å²) in [5.74, 6) is 0.619. The molecule has 1 aromatic heterocycles. The molecule has 2 N–H and O–H groups in total. The number of ether oxygens (including phenoxy) is 1. The number of amides is 2. The Morgan fingerprint density at radius 1 is 0.882 bits per heavy atom. The van der Waals surface area contributed by atoms with Crippen molar-refractivity contribution in [3.63, 3.8) is 0 Å². The first-order chi connectivity index (χ1) is 16.6. The predicted octanol–water partition coefficient (Wildman–Crippen LogP) is 3.71. The van der Waals surface area contributed by atoms with Crippen LogP contribution in [-0.2, 0) is 11.4 Å². The van der Waals surface area contributed by atoms with Crippen LogP contribution in [0.4, 0.5) is 0 Å². The molecule has 0 atom stereocenters. The first-order valence-corrected chi connectivity index (χ1v) is 11.5. The van der Waals surface area contributed by atoms with E-state index in [1.807, 2.05) is 84.3 Å². The second kappa shape index (κ2) is 11.2. The average molecular weight is 474 g/mol. The van der Waals surface area contributed by atoms with E-state index in [0.717, 1.165) is 17.0 Å². The number of aromatic nitrogens is 3. The van der Waals surface area contributed by atoms with E-state index in [2.05, 4.69) is 21.0 Å². The molecule has 4 aromatic rings. The quantitative estimate of drug-likeness (QED) is 0.299. The Labute approximate surface area is 201 Å². The van der Waals surface area contributed by atoms with Crippen LogP contribution >= 0.6 is 11.8 Å². The zero-order valence-electron chi connectivity index (χ0n) is 18.5. The Kier molecular flexibility index (Phi) is 7.56. The van der Waals surface area contributed by atoms with E-state index in [4.69, 9.17) is 4.74 Å². The highest BCUT2D eigenvalue weighted by molar-refractivity contribution is 7.99. The maximum atomic E-state index is 12.3. The molecule has 0 fully saturated rings. The van der Waals surface area contributed by atoms with Gasteiger partial charge in [-0.05, 0) is 43.3 Å². The van der Waals surface area contributed by atoms with Gasteiger partial charge < -0.3 is 4.74 Å². The largest absolute Gasteiger partial charge is 0.486 e. The Bertz CT molecular complexity index is 1240. The van der Waals surface area contributed by atoms with Crippen molar-refractivity contribution >= 4 is 23.6 Å². The molecule has 4 rings (SSSR count). The number of hydrazine groups is 1. The van der Waals surface area contributed by atoms with Gasteiger partial charge in [0.05, 0.1) is 5.75 Å². The molecule has 34 heavy (non-hydrogen) atoms. The van der Waals surface area contributed by atoms with Gasteiger partial charge in [0.2, 0.25) is 5.91 Å². The lowest BCUT2D eigenvalue weighted by atomic mass is 10.1. The van der Waals surface area contributed by atoms with Crippen LogP contribution in [0, 0.1) is 6.92 Å². The number of rotatable bonds is 8. The summed E-state index contributed by atoms with van der Waals surface area (Å²) in [6.45, 7) is 2.15. The number of nitrogens with zero attached hydrogens (tertiary/aromatic N) is 3. The number of para-hydroxylation sites is 2. The molecule has 9 heteroatoms. The molecule has 0 aliphatic rings. The second-order valence-electron chi connectivity index (χ2n) is 7.33. The molecule has 0 bridgehead atoms. The van der Waals surface area contributed by atoms with E-state index in [1.54, 1.807) is 12.1 Å². The van der Waals surface area contributed by atoms with Crippen LogP contribution in [0.3, 0.4) is 0 Å². The molecule has 3 aromatic carbocycles. The van der Waals surface area contributed by atoms with Gasteiger partial charge in [0, 0.05) is 11.3 Å². The maximum Gasteiger partial charge on any atom is 0.269 e. The van der Waals surface area contributed by atoms with Crippen molar-refractivity contribution in [2.45, 2.75) is 18.7 Å². The van der Waals surface area contributed by atoms with E-state index >= 15 is 0 Å². The van der Waals surface area contributed by atoms with Crippen LogP contribution in [-0.4, -0.2) is 32.3 Å². The summed E-state index contributed by atoms with van der Waals surface area (Å²) in [6.07, 6.45) is 0. The number of carbonyl (C=O) groups is 2. The number of hydrogen-bond donors (Lipinski definition) is 2. The minimum absolute atomic E-state index is 0.0404. The fourth-order valence-corrected chi connectivity index (χ4v) is 3.83. The van der Waals surface area contributed by atoms with Crippen molar-refractivity contribution in [2.24, 2.45) is 0 Å². The number of benzene rings is 3. The number of carbonyl (C=O) groups excluding carboxylic acids is 2. The van der Waals surface area contributed by atoms with Crippen molar-refractivity contribution in [1.29, 1.82) is 0 Å². The molecule has 172 valence electrons. The van der Waals surface area contributed by atoms with Crippen molar-refractivity contribution in [3.8, 4) is 11.4 Å². The smallest absolute Gasteiger partial charge is 0.269 e. The van der Waals surface area contributed by atoms with Crippen LogP contribution in [0.5, 0.6) is 5.75 Å². The van der Waals surface area contributed by atoms with Crippen molar-refractivity contribution in [1.82, 2.24) is 25.6 Å². The van der Waals surface area contributed by atoms with E-state index in [9.17, 15) is 9.59 Å². The molecule has 0 unspecified atom stereocenters. The number of hydrogen-bond acceptors (Lipinski definition) is 6. The topological polar surface area (TPSA) is 98.1 Å². The Morgan fingerprint density at radius 3 is 2.26 bits per heavy atom. The summed E-state index contributed by atoms with van der Waals surface area (Å²) in [4.78, 5) is 24.5. The molecule has 0 saturated carbocycles. The Morgan fingerprint density at radius 2 is 1.56 bits per heavy atom. The van der Waals surface area contributed by atoms with Crippen LogP contribution in [0.2, 0.25) is 0 Å². The van der Waals surface area contributed by atoms with Crippen LogP contribution < -0.4 is 15.6 Å². The van der Waals surface area contributed by atoms with Crippen molar-refractivity contribution < 1.29 is 14.3 Å². The van der Waals surface area contributed by atoms with Crippen LogP contribution in [0.15, 0.2) is 90.1 Å². The highest BCUT2D eigenvalue weighted by atomic mass is 32.2. The molecular formula is C25H23N5O3S. The van der Waals surface area contributed by atoms with Gasteiger partial charge in [0.15, 0.2) is 11.0 Å². The predicted molar refractivity (Wildman–Crippen MR) is 130 cm³/mol. The van der Waals surface area contributed by atoms with E-state index in [0.29, 0.717) is 16.5 Å². The zero-order chi connectivity index (χ0) is 23.8. The van der Waals surface area contributed by atoms with Gasteiger partial charge in [-0.1, -0.05) is 65.9 Å². The monoisotopic (exact) mass is 473 g/mol. The minimum Gasteiger partial charge on any atom is -0.486 e. The Balaban J connectivity index is 1.39. The summed E-state index contributed by atoms with van der Waals surface area (Å²) >= 11 is 1.21. The van der Waals surface area contributed by atoms with Crippen LogP contribution in [0.25, 0.3) is 5.69 Å². The average Bonchev–Trinajstić information content (AvgIpc) is 3.29. The van der Waals surface area contributed by atoms with Gasteiger partial charge in [0.25, 0.3) is 5.91 Å². The van der Waals surface area contributed by atoms with Gasteiger partial charge in [0.1, 0.15) is 12.4 Å². The van der Waals surface area contributed by atoms with Crippen LogP contribution in [0.1, 0.15) is 21.7 Å². The molecule has 0 saturated heterocycles. The summed E-state index contributed by atoms with van der Waals surface area (Å²) in [5, 5.41) is 9.07. The summed E-state index contributed by atoms with van der Waals surface area (Å²) < 4.78 is 7.70. The van der Waals surface area contributed by atoms with Crippen molar-refractivity contribution in [3.05, 3.63) is 102 Å². The lowest BCUT2D eigenvalue weighted by molar-refractivity contribution is -0.119. The van der Waals surface area contributed by atoms with Gasteiger partial charge >= 0.3 is 0 Å². The molecule has 0 aliphatic carbocycles. The normalized spacial score (nSPS) is 10.5. The summed E-state index contributed by atoms with van der Waals surface area (Å²) in [5.41, 5.74) is 7.24. The molecule has 8 nitrogen and oxygen atoms in total. The fraction of sp³-hybridized carbons (Fsp3) is 0.120. The standard InChI is InChI=1S/C25H23N5O3S/c1-18-12-14-19(15-13-18)24(32)28-27-23(31)17-34-25-29-26-22(16-33-21-10-6-3-7-11-21)30(25)20-8-4-2-5-9-20/h2-15H,16-17H2,1H3,(H,27,31)(H,28,32). The zero-order valence-corrected chi connectivity index (χ0v) is 19.3. The van der Waals surface area contributed by atoms with Gasteiger partial charge in [-0.25, -0.2) is 0 Å². The van der Waals surface area contributed by atoms with E-state index < -0.39 is 0 Å². The van der Waals surface area contributed by atoms with Crippen molar-refractivity contribution in [2.75, 3.05) is 5.75 Å². The maximum absolute atomic E-state index is 12.3. The van der Waals surface area contributed by atoms with Gasteiger partial charge in [-0.3, -0.25) is 25.0 Å². The molecule has 0 spiro atoms.